The van der Waals surface area contributed by atoms with Gasteiger partial charge in [0.25, 0.3) is 0 Å². The molecule has 1 aromatic heterocycles. The molecule has 26 heavy (non-hydrogen) atoms. The fraction of sp³-hybridized carbons (Fsp3) is 0.250. The van der Waals surface area contributed by atoms with Gasteiger partial charge in [0.1, 0.15) is 11.5 Å². The molecule has 0 aliphatic carbocycles. The lowest BCUT2D eigenvalue weighted by atomic mass is 10.1. The molecular formula is C20H21N3O2S. The summed E-state index contributed by atoms with van der Waals surface area (Å²) in [5, 5.41) is 0.583. The highest BCUT2D eigenvalue weighted by Gasteiger charge is 2.16. The molecule has 0 atom stereocenters. The molecule has 1 fully saturated rings. The van der Waals surface area contributed by atoms with Crippen LogP contribution in [0.15, 0.2) is 48.5 Å². The first-order chi connectivity index (χ1) is 12.7. The number of nitrogens with two attached hydrogens (primary N) is 1. The van der Waals surface area contributed by atoms with Crippen LogP contribution in [-0.4, -0.2) is 31.3 Å². The second-order valence-corrected chi connectivity index (χ2v) is 7.23. The Morgan fingerprint density at radius 1 is 1.08 bits per heavy atom. The van der Waals surface area contributed by atoms with E-state index in [0.29, 0.717) is 5.13 Å². The van der Waals surface area contributed by atoms with Gasteiger partial charge in [-0.3, -0.25) is 0 Å². The Kier molecular flexibility index (Phi) is 4.77. The molecule has 0 bridgehead atoms. The summed E-state index contributed by atoms with van der Waals surface area (Å²) in [6.45, 7) is 5.22. The van der Waals surface area contributed by atoms with Gasteiger partial charge in [0.2, 0.25) is 0 Å². The summed E-state index contributed by atoms with van der Waals surface area (Å²) >= 11 is 1.51. The molecule has 0 spiro atoms. The van der Waals surface area contributed by atoms with Crippen molar-refractivity contribution in [2.24, 2.45) is 0 Å². The minimum absolute atomic E-state index is 0.583. The SMILES string of the molecule is Cc1nc(N)sc1-c1cc(Oc2ccccc2)cc(N2CCOCC2)c1. The first-order valence-electron chi connectivity index (χ1n) is 8.63. The number of nitrogens with zero attached hydrogens (tertiary/aromatic N) is 2. The Balaban J connectivity index is 1.75. The van der Waals surface area contributed by atoms with Gasteiger partial charge in [-0.1, -0.05) is 29.5 Å². The van der Waals surface area contributed by atoms with E-state index >= 15 is 0 Å². The molecule has 0 saturated carbocycles. The lowest BCUT2D eigenvalue weighted by molar-refractivity contribution is 0.122. The van der Waals surface area contributed by atoms with Crippen molar-refractivity contribution in [1.29, 1.82) is 0 Å². The van der Waals surface area contributed by atoms with Gasteiger partial charge in [-0.25, -0.2) is 4.98 Å². The van der Waals surface area contributed by atoms with Gasteiger partial charge in [0.15, 0.2) is 5.13 Å². The first-order valence-corrected chi connectivity index (χ1v) is 9.45. The number of hydrogen-bond donors (Lipinski definition) is 1. The van der Waals surface area contributed by atoms with Crippen molar-refractivity contribution < 1.29 is 9.47 Å². The Labute approximate surface area is 157 Å². The maximum absolute atomic E-state index is 6.11. The molecule has 0 unspecified atom stereocenters. The first kappa shape index (κ1) is 16.9. The van der Waals surface area contributed by atoms with E-state index < -0.39 is 0 Å². The Bertz CT molecular complexity index is 889. The molecule has 1 aliphatic rings. The summed E-state index contributed by atoms with van der Waals surface area (Å²) in [4.78, 5) is 7.77. The Hall–Kier alpha value is -2.57. The van der Waals surface area contributed by atoms with Crippen molar-refractivity contribution in [2.75, 3.05) is 36.9 Å². The number of benzene rings is 2. The van der Waals surface area contributed by atoms with Gasteiger partial charge in [-0.15, -0.1) is 0 Å². The van der Waals surface area contributed by atoms with Gasteiger partial charge in [-0.05, 0) is 36.8 Å². The van der Waals surface area contributed by atoms with E-state index in [4.69, 9.17) is 15.2 Å². The largest absolute Gasteiger partial charge is 0.457 e. The molecular weight excluding hydrogens is 346 g/mol. The van der Waals surface area contributed by atoms with Crippen LogP contribution >= 0.6 is 11.3 Å². The predicted octanol–water partition coefficient (Wildman–Crippen LogP) is 4.33. The summed E-state index contributed by atoms with van der Waals surface area (Å²) in [5.41, 5.74) is 9.05. The number of ether oxygens (including phenoxy) is 2. The Morgan fingerprint density at radius 2 is 1.85 bits per heavy atom. The highest BCUT2D eigenvalue weighted by atomic mass is 32.1. The topological polar surface area (TPSA) is 60.6 Å². The van der Waals surface area contributed by atoms with Gasteiger partial charge >= 0.3 is 0 Å². The van der Waals surface area contributed by atoms with Crippen molar-refractivity contribution in [3.05, 3.63) is 54.2 Å². The molecule has 2 heterocycles. The van der Waals surface area contributed by atoms with Crippen LogP contribution in [0.5, 0.6) is 11.5 Å². The molecule has 3 aromatic rings. The van der Waals surface area contributed by atoms with Crippen LogP contribution < -0.4 is 15.4 Å². The summed E-state index contributed by atoms with van der Waals surface area (Å²) in [6, 6.07) is 16.1. The van der Waals surface area contributed by atoms with Crippen LogP contribution in [0.25, 0.3) is 10.4 Å². The zero-order valence-corrected chi connectivity index (χ0v) is 15.5. The average molecular weight is 367 g/mol. The molecule has 0 amide bonds. The third-order valence-electron chi connectivity index (χ3n) is 4.32. The minimum Gasteiger partial charge on any atom is -0.457 e. The molecule has 4 rings (SSSR count). The van der Waals surface area contributed by atoms with Crippen LogP contribution in [0.2, 0.25) is 0 Å². The fourth-order valence-corrected chi connectivity index (χ4v) is 3.91. The second-order valence-electron chi connectivity index (χ2n) is 6.20. The number of rotatable bonds is 4. The van der Waals surface area contributed by atoms with Crippen LogP contribution in [0.4, 0.5) is 10.8 Å². The van der Waals surface area contributed by atoms with Gasteiger partial charge in [-0.2, -0.15) is 0 Å². The summed E-state index contributed by atoms with van der Waals surface area (Å²) in [6.07, 6.45) is 0. The number of anilines is 2. The quantitative estimate of drug-likeness (QED) is 0.744. The molecule has 5 nitrogen and oxygen atoms in total. The fourth-order valence-electron chi connectivity index (χ4n) is 3.09. The highest BCUT2D eigenvalue weighted by molar-refractivity contribution is 7.18. The van der Waals surface area contributed by atoms with E-state index in [1.807, 2.05) is 37.3 Å². The average Bonchev–Trinajstić information content (AvgIpc) is 3.01. The van der Waals surface area contributed by atoms with Gasteiger partial charge < -0.3 is 20.1 Å². The molecule has 6 heteroatoms. The third kappa shape index (κ3) is 3.66. The maximum atomic E-state index is 6.11. The van der Waals surface area contributed by atoms with E-state index in [2.05, 4.69) is 28.1 Å². The standard InChI is InChI=1S/C20H21N3O2S/c1-14-19(26-20(21)22-14)15-11-16(23-7-9-24-10-8-23)13-18(12-15)25-17-5-3-2-4-6-17/h2-6,11-13H,7-10H2,1H3,(H2,21,22). The van der Waals surface area contributed by atoms with Crippen molar-refractivity contribution in [3.63, 3.8) is 0 Å². The monoisotopic (exact) mass is 367 g/mol. The van der Waals surface area contributed by atoms with Crippen molar-refractivity contribution in [3.8, 4) is 21.9 Å². The lowest BCUT2D eigenvalue weighted by Gasteiger charge is -2.29. The molecule has 2 aromatic carbocycles. The van der Waals surface area contributed by atoms with E-state index in [0.717, 1.165) is 59.6 Å². The number of morpholine rings is 1. The number of nitrogen functional groups attached to an aromatic ring is 1. The smallest absolute Gasteiger partial charge is 0.180 e. The molecule has 1 saturated heterocycles. The normalized spacial score (nSPS) is 14.4. The van der Waals surface area contributed by atoms with Crippen LogP contribution in [0.3, 0.4) is 0 Å². The highest BCUT2D eigenvalue weighted by Crippen LogP contribution is 2.37. The summed E-state index contributed by atoms with van der Waals surface area (Å²) < 4.78 is 11.6. The van der Waals surface area contributed by atoms with Crippen molar-refractivity contribution in [1.82, 2.24) is 4.98 Å². The number of para-hydroxylation sites is 1. The maximum Gasteiger partial charge on any atom is 0.180 e. The number of aromatic nitrogens is 1. The molecule has 134 valence electrons. The van der Waals surface area contributed by atoms with Gasteiger partial charge in [0, 0.05) is 24.8 Å². The van der Waals surface area contributed by atoms with E-state index in [9.17, 15) is 0 Å². The number of aryl methyl sites for hydroxylation is 1. The predicted molar refractivity (Wildman–Crippen MR) is 106 cm³/mol. The summed E-state index contributed by atoms with van der Waals surface area (Å²) in [7, 11) is 0. The van der Waals surface area contributed by atoms with E-state index in [-0.39, 0.29) is 0 Å². The molecule has 2 N–H and O–H groups in total. The van der Waals surface area contributed by atoms with E-state index in [1.165, 1.54) is 11.3 Å². The number of thiazole rings is 1. The Morgan fingerprint density at radius 3 is 2.54 bits per heavy atom. The zero-order valence-electron chi connectivity index (χ0n) is 14.6. The van der Waals surface area contributed by atoms with Crippen LogP contribution in [0, 0.1) is 6.92 Å². The zero-order chi connectivity index (χ0) is 17.9. The second kappa shape index (κ2) is 7.35. The van der Waals surface area contributed by atoms with Crippen molar-refractivity contribution in [2.45, 2.75) is 6.92 Å². The van der Waals surface area contributed by atoms with Crippen molar-refractivity contribution >= 4 is 22.2 Å². The number of hydrogen-bond acceptors (Lipinski definition) is 6. The molecule has 0 radical (unpaired) electrons. The minimum atomic E-state index is 0.583. The van der Waals surface area contributed by atoms with E-state index in [1.54, 1.807) is 0 Å². The van der Waals surface area contributed by atoms with Crippen LogP contribution in [0.1, 0.15) is 5.69 Å². The third-order valence-corrected chi connectivity index (χ3v) is 5.36. The van der Waals surface area contributed by atoms with Crippen LogP contribution in [-0.2, 0) is 4.74 Å². The van der Waals surface area contributed by atoms with Gasteiger partial charge in [0.05, 0.1) is 23.8 Å². The lowest BCUT2D eigenvalue weighted by Crippen LogP contribution is -2.36. The summed E-state index contributed by atoms with van der Waals surface area (Å²) in [5.74, 6) is 1.62. The molecule has 1 aliphatic heterocycles.